The Balaban J connectivity index is 2.11. The molecule has 1 atom stereocenters. The van der Waals surface area contributed by atoms with E-state index in [1.165, 1.54) is 12.1 Å². The minimum absolute atomic E-state index is 0.0463. The molecule has 0 aliphatic carbocycles. The highest BCUT2D eigenvalue weighted by Gasteiger charge is 2.26. The van der Waals surface area contributed by atoms with E-state index in [4.69, 9.17) is 16.7 Å². The van der Waals surface area contributed by atoms with Gasteiger partial charge in [-0.15, -0.1) is 0 Å². The lowest BCUT2D eigenvalue weighted by molar-refractivity contribution is -0.384. The van der Waals surface area contributed by atoms with Crippen molar-refractivity contribution >= 4 is 28.9 Å². The quantitative estimate of drug-likeness (QED) is 0.678. The van der Waals surface area contributed by atoms with Gasteiger partial charge in [-0.25, -0.2) is 0 Å². The van der Waals surface area contributed by atoms with Crippen LogP contribution in [0.1, 0.15) is 12.8 Å². The monoisotopic (exact) mass is 284 g/mol. The summed E-state index contributed by atoms with van der Waals surface area (Å²) in [5.74, 6) is -0.703. The van der Waals surface area contributed by atoms with Crippen LogP contribution in [0.3, 0.4) is 0 Å². The first-order valence-corrected chi connectivity index (χ1v) is 6.26. The van der Waals surface area contributed by atoms with Gasteiger partial charge in [-0.1, -0.05) is 11.6 Å². The zero-order valence-corrected chi connectivity index (χ0v) is 10.8. The molecule has 0 radical (unpaired) electrons. The van der Waals surface area contributed by atoms with Crippen LogP contribution >= 0.6 is 11.6 Å². The van der Waals surface area contributed by atoms with E-state index in [2.05, 4.69) is 0 Å². The topological polar surface area (TPSA) is 83.7 Å². The van der Waals surface area contributed by atoms with Crippen LogP contribution in [0.5, 0.6) is 0 Å². The number of nitro groups is 1. The summed E-state index contributed by atoms with van der Waals surface area (Å²) in [5, 5.41) is 19.7. The van der Waals surface area contributed by atoms with Gasteiger partial charge in [-0.2, -0.15) is 0 Å². The van der Waals surface area contributed by atoms with Gasteiger partial charge in [0, 0.05) is 31.6 Å². The normalized spacial score (nSPS) is 18.6. The molecule has 0 saturated carbocycles. The second-order valence-electron chi connectivity index (χ2n) is 4.59. The van der Waals surface area contributed by atoms with E-state index in [0.29, 0.717) is 11.6 Å². The Morgan fingerprint density at radius 1 is 1.58 bits per heavy atom. The molecule has 0 spiro atoms. The molecule has 6 nitrogen and oxygen atoms in total. The fourth-order valence-corrected chi connectivity index (χ4v) is 2.63. The molecular formula is C12H13ClN2O4. The van der Waals surface area contributed by atoms with Crippen molar-refractivity contribution in [2.75, 3.05) is 18.0 Å². The number of carbonyl (C=O) groups is 1. The summed E-state index contributed by atoms with van der Waals surface area (Å²) in [4.78, 5) is 22.8. The van der Waals surface area contributed by atoms with Crippen molar-refractivity contribution in [2.24, 2.45) is 5.92 Å². The number of hydrogen-bond donors (Lipinski definition) is 1. The number of nitro benzene ring substituents is 1. The van der Waals surface area contributed by atoms with Gasteiger partial charge in [-0.3, -0.25) is 14.9 Å². The van der Waals surface area contributed by atoms with Gasteiger partial charge in [0.2, 0.25) is 0 Å². The smallest absolute Gasteiger partial charge is 0.303 e. The van der Waals surface area contributed by atoms with Gasteiger partial charge < -0.3 is 10.0 Å². The number of hydrogen-bond acceptors (Lipinski definition) is 4. The summed E-state index contributed by atoms with van der Waals surface area (Å²) >= 11 is 6.04. The summed E-state index contributed by atoms with van der Waals surface area (Å²) in [6.07, 6.45) is 0.931. The van der Waals surface area contributed by atoms with E-state index in [1.807, 2.05) is 4.90 Å². The average Bonchev–Trinajstić information content (AvgIpc) is 2.76. The van der Waals surface area contributed by atoms with Gasteiger partial charge in [0.15, 0.2) is 0 Å². The summed E-state index contributed by atoms with van der Waals surface area (Å²) in [6.45, 7) is 1.33. The lowest BCUT2D eigenvalue weighted by Gasteiger charge is -2.19. The second kappa shape index (κ2) is 5.44. The summed E-state index contributed by atoms with van der Waals surface area (Å²) in [5.41, 5.74) is 0.676. The molecule has 1 unspecified atom stereocenters. The predicted octanol–water partition coefficient (Wildman–Crippen LogP) is 2.55. The molecule has 1 saturated heterocycles. The number of benzene rings is 1. The molecule has 0 aromatic heterocycles. The van der Waals surface area contributed by atoms with Crippen molar-refractivity contribution in [3.05, 3.63) is 33.3 Å². The highest BCUT2D eigenvalue weighted by molar-refractivity contribution is 6.33. The van der Waals surface area contributed by atoms with Crippen LogP contribution < -0.4 is 4.90 Å². The third-order valence-electron chi connectivity index (χ3n) is 3.23. The number of rotatable bonds is 4. The van der Waals surface area contributed by atoms with E-state index in [0.717, 1.165) is 18.7 Å². The molecule has 1 fully saturated rings. The Labute approximate surface area is 114 Å². The molecule has 102 valence electrons. The van der Waals surface area contributed by atoms with Gasteiger partial charge in [0.05, 0.1) is 15.6 Å². The van der Waals surface area contributed by atoms with Crippen molar-refractivity contribution < 1.29 is 14.8 Å². The van der Waals surface area contributed by atoms with E-state index >= 15 is 0 Å². The standard InChI is InChI=1S/C12H13ClN2O4/c13-10-6-9(15(18)19)1-2-11(10)14-4-3-8(7-14)5-12(16)17/h1-2,6,8H,3-5,7H2,(H,16,17). The van der Waals surface area contributed by atoms with Crippen molar-refractivity contribution in [1.82, 2.24) is 0 Å². The number of anilines is 1. The van der Waals surface area contributed by atoms with Crippen molar-refractivity contribution in [3.63, 3.8) is 0 Å². The molecule has 1 aliphatic rings. The van der Waals surface area contributed by atoms with Crippen molar-refractivity contribution in [1.29, 1.82) is 0 Å². The number of aliphatic carboxylic acids is 1. The highest BCUT2D eigenvalue weighted by Crippen LogP contribution is 2.33. The molecule has 1 aliphatic heterocycles. The zero-order valence-electron chi connectivity index (χ0n) is 10.1. The third-order valence-corrected chi connectivity index (χ3v) is 3.53. The van der Waals surface area contributed by atoms with Gasteiger partial charge in [0.1, 0.15) is 0 Å². The molecule has 2 rings (SSSR count). The minimum atomic E-state index is -0.804. The number of halogens is 1. The molecule has 7 heteroatoms. The fraction of sp³-hybridized carbons (Fsp3) is 0.417. The minimum Gasteiger partial charge on any atom is -0.481 e. The molecule has 19 heavy (non-hydrogen) atoms. The lowest BCUT2D eigenvalue weighted by atomic mass is 10.1. The van der Waals surface area contributed by atoms with Crippen LogP contribution in [0.2, 0.25) is 5.02 Å². The maximum absolute atomic E-state index is 10.7. The fourth-order valence-electron chi connectivity index (χ4n) is 2.33. The van der Waals surface area contributed by atoms with Crippen LogP contribution in [0, 0.1) is 16.0 Å². The Hall–Kier alpha value is -1.82. The number of nitrogens with zero attached hydrogens (tertiary/aromatic N) is 2. The maximum atomic E-state index is 10.7. The average molecular weight is 285 g/mol. The lowest BCUT2D eigenvalue weighted by Crippen LogP contribution is -2.20. The van der Waals surface area contributed by atoms with Crippen LogP contribution in [0.15, 0.2) is 18.2 Å². The number of non-ortho nitro benzene ring substituents is 1. The SMILES string of the molecule is O=C(O)CC1CCN(c2ccc([N+](=O)[O-])cc2Cl)C1. The zero-order chi connectivity index (χ0) is 14.0. The van der Waals surface area contributed by atoms with E-state index in [9.17, 15) is 14.9 Å². The maximum Gasteiger partial charge on any atom is 0.303 e. The molecule has 0 bridgehead atoms. The first-order valence-electron chi connectivity index (χ1n) is 5.88. The van der Waals surface area contributed by atoms with E-state index < -0.39 is 10.9 Å². The Kier molecular flexibility index (Phi) is 3.90. The Bertz CT molecular complexity index is 520. The van der Waals surface area contributed by atoms with Crippen LogP contribution in [0.4, 0.5) is 11.4 Å². The van der Waals surface area contributed by atoms with Gasteiger partial charge >= 0.3 is 5.97 Å². The van der Waals surface area contributed by atoms with Crippen LogP contribution in [-0.2, 0) is 4.79 Å². The summed E-state index contributed by atoms with van der Waals surface area (Å²) in [7, 11) is 0. The van der Waals surface area contributed by atoms with Crippen molar-refractivity contribution in [2.45, 2.75) is 12.8 Å². The molecule has 1 heterocycles. The Morgan fingerprint density at radius 3 is 2.89 bits per heavy atom. The van der Waals surface area contributed by atoms with Gasteiger partial charge in [-0.05, 0) is 18.4 Å². The molecule has 1 N–H and O–H groups in total. The first kappa shape index (κ1) is 13.6. The number of carboxylic acids is 1. The summed E-state index contributed by atoms with van der Waals surface area (Å²) < 4.78 is 0. The largest absolute Gasteiger partial charge is 0.481 e. The third kappa shape index (κ3) is 3.14. The van der Waals surface area contributed by atoms with Crippen LogP contribution in [-0.4, -0.2) is 29.1 Å². The highest BCUT2D eigenvalue weighted by atomic mass is 35.5. The van der Waals surface area contributed by atoms with Gasteiger partial charge in [0.25, 0.3) is 5.69 Å². The first-order chi connectivity index (χ1) is 8.97. The molecular weight excluding hydrogens is 272 g/mol. The predicted molar refractivity (Wildman–Crippen MR) is 70.7 cm³/mol. The molecule has 1 aromatic rings. The molecule has 1 aromatic carbocycles. The van der Waals surface area contributed by atoms with E-state index in [-0.39, 0.29) is 18.0 Å². The number of carboxylic acid groups (broad SMARTS) is 1. The van der Waals surface area contributed by atoms with Crippen molar-refractivity contribution in [3.8, 4) is 0 Å². The second-order valence-corrected chi connectivity index (χ2v) is 5.00. The van der Waals surface area contributed by atoms with Crippen LogP contribution in [0.25, 0.3) is 0 Å². The van der Waals surface area contributed by atoms with E-state index in [1.54, 1.807) is 6.07 Å². The molecule has 0 amide bonds. The Morgan fingerprint density at radius 2 is 2.32 bits per heavy atom. The summed E-state index contributed by atoms with van der Waals surface area (Å²) in [6, 6.07) is 4.34.